The van der Waals surface area contributed by atoms with Crippen molar-refractivity contribution in [1.29, 1.82) is 0 Å². The number of phenols is 1. The average molecular weight is 401 g/mol. The smallest absolute Gasteiger partial charge is 0.160 e. The predicted molar refractivity (Wildman–Crippen MR) is 124 cm³/mol. The Morgan fingerprint density at radius 3 is 2.21 bits per heavy atom. The van der Waals surface area contributed by atoms with E-state index >= 15 is 0 Å². The highest BCUT2D eigenvalue weighted by Gasteiger charge is 2.02. The number of hydrogen-bond acceptors (Lipinski definition) is 3. The molecule has 0 aromatic heterocycles. The molecular formula is C26H40O3. The van der Waals surface area contributed by atoms with Crippen LogP contribution in [-0.2, 0) is 4.79 Å². The summed E-state index contributed by atoms with van der Waals surface area (Å²) in [6.45, 7) is 4.96. The van der Waals surface area contributed by atoms with Gasteiger partial charge in [-0.15, -0.1) is 0 Å². The second-order valence-corrected chi connectivity index (χ2v) is 7.69. The van der Waals surface area contributed by atoms with E-state index < -0.39 is 0 Å². The summed E-state index contributed by atoms with van der Waals surface area (Å²) in [5.74, 6) is 0.844. The number of ketones is 1. The fourth-order valence-electron chi connectivity index (χ4n) is 3.11. The van der Waals surface area contributed by atoms with Crippen LogP contribution in [0.5, 0.6) is 11.5 Å². The van der Waals surface area contributed by atoms with E-state index in [2.05, 4.69) is 13.8 Å². The van der Waals surface area contributed by atoms with Crippen molar-refractivity contribution in [2.24, 2.45) is 0 Å². The second-order valence-electron chi connectivity index (χ2n) is 7.69. The Morgan fingerprint density at radius 1 is 0.897 bits per heavy atom. The van der Waals surface area contributed by atoms with Crippen molar-refractivity contribution >= 4 is 11.9 Å². The van der Waals surface area contributed by atoms with Crippen LogP contribution in [0.2, 0.25) is 0 Å². The molecule has 1 rings (SSSR count). The molecule has 1 aromatic carbocycles. The van der Waals surface area contributed by atoms with Gasteiger partial charge in [-0.2, -0.15) is 0 Å². The maximum Gasteiger partial charge on any atom is 0.160 e. The van der Waals surface area contributed by atoms with E-state index in [1.54, 1.807) is 24.3 Å². The van der Waals surface area contributed by atoms with Crippen LogP contribution in [0.3, 0.4) is 0 Å². The lowest BCUT2D eigenvalue weighted by Crippen LogP contribution is -1.96. The van der Waals surface area contributed by atoms with Gasteiger partial charge in [0.15, 0.2) is 17.3 Å². The van der Waals surface area contributed by atoms with Crippen LogP contribution < -0.4 is 4.74 Å². The van der Waals surface area contributed by atoms with Crippen molar-refractivity contribution in [2.75, 3.05) is 6.61 Å². The summed E-state index contributed by atoms with van der Waals surface area (Å²) in [7, 11) is 0. The van der Waals surface area contributed by atoms with Crippen LogP contribution in [-0.4, -0.2) is 17.5 Å². The van der Waals surface area contributed by atoms with Gasteiger partial charge in [0, 0.05) is 6.42 Å². The minimum atomic E-state index is 0.147. The van der Waals surface area contributed by atoms with Gasteiger partial charge in [-0.3, -0.25) is 4.79 Å². The van der Waals surface area contributed by atoms with Crippen LogP contribution in [0.4, 0.5) is 0 Å². The fraction of sp³-hybridized carbons (Fsp3) is 0.577. The third-order valence-corrected chi connectivity index (χ3v) is 4.95. The molecule has 0 saturated carbocycles. The Labute approximate surface area is 177 Å². The molecule has 3 heteroatoms. The monoisotopic (exact) mass is 400 g/mol. The summed E-state index contributed by atoms with van der Waals surface area (Å²) >= 11 is 0. The summed E-state index contributed by atoms with van der Waals surface area (Å²) in [5, 5.41) is 10.0. The van der Waals surface area contributed by atoms with E-state index in [9.17, 15) is 9.90 Å². The van der Waals surface area contributed by atoms with Gasteiger partial charge in [0.25, 0.3) is 0 Å². The summed E-state index contributed by atoms with van der Waals surface area (Å²) in [4.78, 5) is 11.9. The number of aromatic hydroxyl groups is 1. The van der Waals surface area contributed by atoms with Crippen LogP contribution in [0.25, 0.3) is 6.08 Å². The van der Waals surface area contributed by atoms with E-state index in [-0.39, 0.29) is 11.5 Å². The number of phenolic OH excluding ortho intramolecular Hbond substituents is 1. The minimum absolute atomic E-state index is 0.147. The molecule has 3 nitrogen and oxygen atoms in total. The summed E-state index contributed by atoms with van der Waals surface area (Å²) in [6.07, 6.45) is 21.2. The number of ether oxygens (including phenoxy) is 1. The zero-order chi connectivity index (χ0) is 21.2. The quantitative estimate of drug-likeness (QED) is 0.166. The van der Waals surface area contributed by atoms with Crippen LogP contribution in [0.1, 0.15) is 96.5 Å². The Hall–Kier alpha value is -2.03. The second kappa shape index (κ2) is 16.9. The highest BCUT2D eigenvalue weighted by molar-refractivity contribution is 5.89. The zero-order valence-electron chi connectivity index (χ0n) is 18.5. The van der Waals surface area contributed by atoms with Crippen molar-refractivity contribution in [2.45, 2.75) is 90.9 Å². The first-order valence-corrected chi connectivity index (χ1v) is 11.5. The largest absolute Gasteiger partial charge is 0.504 e. The molecule has 162 valence electrons. The van der Waals surface area contributed by atoms with E-state index in [4.69, 9.17) is 4.74 Å². The Morgan fingerprint density at radius 2 is 1.55 bits per heavy atom. The van der Waals surface area contributed by atoms with E-state index in [1.807, 2.05) is 18.2 Å². The van der Waals surface area contributed by atoms with Crippen molar-refractivity contribution in [3.05, 3.63) is 42.0 Å². The Bertz CT molecular complexity index is 616. The molecule has 0 aliphatic heterocycles. The fourth-order valence-corrected chi connectivity index (χ4v) is 3.11. The van der Waals surface area contributed by atoms with Gasteiger partial charge in [0.05, 0.1) is 6.61 Å². The summed E-state index contributed by atoms with van der Waals surface area (Å²) < 4.78 is 5.54. The number of hydrogen-bond donors (Lipinski definition) is 1. The number of carbonyl (C=O) groups excluding carboxylic acids is 1. The van der Waals surface area contributed by atoms with E-state index in [0.29, 0.717) is 18.8 Å². The first kappa shape index (κ1) is 25.0. The standard InChI is InChI=1S/C26H40O3/c1-3-5-7-8-9-10-11-12-13-17-24(27)18-15-14-16-23-19-20-26(25(28)22-23)29-21-6-4-2/h14-16,18-20,22,28H,3-13,17,21H2,1-2H3. The number of allylic oxidation sites excluding steroid dienone is 3. The van der Waals surface area contributed by atoms with Gasteiger partial charge in [0.1, 0.15) is 0 Å². The van der Waals surface area contributed by atoms with Gasteiger partial charge in [-0.05, 0) is 36.6 Å². The van der Waals surface area contributed by atoms with Crippen LogP contribution in [0.15, 0.2) is 36.4 Å². The highest BCUT2D eigenvalue weighted by Crippen LogP contribution is 2.27. The lowest BCUT2D eigenvalue weighted by atomic mass is 10.1. The molecule has 0 aliphatic rings. The molecule has 0 spiro atoms. The molecule has 1 aromatic rings. The van der Waals surface area contributed by atoms with Crippen molar-refractivity contribution < 1.29 is 14.6 Å². The first-order chi connectivity index (χ1) is 14.2. The van der Waals surface area contributed by atoms with Crippen LogP contribution in [0, 0.1) is 0 Å². The minimum Gasteiger partial charge on any atom is -0.504 e. The lowest BCUT2D eigenvalue weighted by molar-refractivity contribution is -0.114. The third-order valence-electron chi connectivity index (χ3n) is 4.95. The number of unbranched alkanes of at least 4 members (excludes halogenated alkanes) is 9. The van der Waals surface area contributed by atoms with Gasteiger partial charge < -0.3 is 9.84 Å². The van der Waals surface area contributed by atoms with Crippen molar-refractivity contribution in [1.82, 2.24) is 0 Å². The molecule has 0 heterocycles. The maximum absolute atomic E-state index is 11.9. The lowest BCUT2D eigenvalue weighted by Gasteiger charge is -2.07. The summed E-state index contributed by atoms with van der Waals surface area (Å²) in [6, 6.07) is 5.36. The number of rotatable bonds is 17. The predicted octanol–water partition coefficient (Wildman–Crippen LogP) is 7.63. The van der Waals surface area contributed by atoms with Crippen LogP contribution >= 0.6 is 0 Å². The number of benzene rings is 1. The topological polar surface area (TPSA) is 46.5 Å². The molecule has 0 amide bonds. The van der Waals surface area contributed by atoms with Gasteiger partial charge in [-0.1, -0.05) is 95.9 Å². The molecular weight excluding hydrogens is 360 g/mol. The van der Waals surface area contributed by atoms with Gasteiger partial charge in [-0.25, -0.2) is 0 Å². The van der Waals surface area contributed by atoms with Crippen molar-refractivity contribution in [3.63, 3.8) is 0 Å². The zero-order valence-corrected chi connectivity index (χ0v) is 18.5. The molecule has 0 unspecified atom stereocenters. The molecule has 0 aliphatic carbocycles. The third kappa shape index (κ3) is 12.9. The molecule has 0 saturated heterocycles. The van der Waals surface area contributed by atoms with Crippen molar-refractivity contribution in [3.8, 4) is 11.5 Å². The molecule has 1 N–H and O–H groups in total. The highest BCUT2D eigenvalue weighted by atomic mass is 16.5. The normalized spacial score (nSPS) is 11.5. The van der Waals surface area contributed by atoms with E-state index in [1.165, 1.54) is 44.9 Å². The first-order valence-electron chi connectivity index (χ1n) is 11.5. The molecule has 29 heavy (non-hydrogen) atoms. The Kier molecular flexibility index (Phi) is 14.6. The SMILES string of the molecule is CCCCCCCCCCCC(=O)C=CC=Cc1ccc(OCCCC)c(O)c1. The average Bonchev–Trinajstić information content (AvgIpc) is 2.71. The van der Waals surface area contributed by atoms with E-state index in [0.717, 1.165) is 31.2 Å². The Balaban J connectivity index is 2.19. The molecule has 0 atom stereocenters. The molecule has 0 radical (unpaired) electrons. The molecule has 0 bridgehead atoms. The maximum atomic E-state index is 11.9. The summed E-state index contributed by atoms with van der Waals surface area (Å²) in [5.41, 5.74) is 0.876. The van der Waals surface area contributed by atoms with Gasteiger partial charge in [0.2, 0.25) is 0 Å². The molecule has 0 fully saturated rings. The number of carbonyl (C=O) groups is 1. The van der Waals surface area contributed by atoms with Gasteiger partial charge >= 0.3 is 0 Å².